The van der Waals surface area contributed by atoms with Gasteiger partial charge in [-0.2, -0.15) is 0 Å². The molecular weight excluding hydrogens is 494 g/mol. The summed E-state index contributed by atoms with van der Waals surface area (Å²) in [4.78, 5) is 12.3. The first kappa shape index (κ1) is 38.9. The highest BCUT2D eigenvalue weighted by Gasteiger charge is 2.19. The van der Waals surface area contributed by atoms with Crippen LogP contribution in [0.15, 0.2) is 24.3 Å². The number of nitrogens with one attached hydrogen (secondary N) is 1. The molecule has 0 rings (SSSR count). The van der Waals surface area contributed by atoms with Gasteiger partial charge < -0.3 is 15.5 Å². The minimum atomic E-state index is -0.679. The molecule has 0 unspecified atom stereocenters. The van der Waals surface area contributed by atoms with Gasteiger partial charge in [0, 0.05) is 6.42 Å². The number of unbranched alkanes of at least 4 members (excludes halogenated alkanes) is 20. The lowest BCUT2D eigenvalue weighted by Gasteiger charge is -2.22. The van der Waals surface area contributed by atoms with Crippen molar-refractivity contribution in [2.75, 3.05) is 6.61 Å². The molecule has 236 valence electrons. The van der Waals surface area contributed by atoms with Gasteiger partial charge >= 0.3 is 0 Å². The molecule has 0 aliphatic carbocycles. The Morgan fingerprint density at radius 2 is 0.950 bits per heavy atom. The topological polar surface area (TPSA) is 69.6 Å². The van der Waals surface area contributed by atoms with E-state index >= 15 is 0 Å². The number of rotatable bonds is 31. The van der Waals surface area contributed by atoms with Crippen LogP contribution in [0.4, 0.5) is 0 Å². The highest BCUT2D eigenvalue weighted by molar-refractivity contribution is 5.76. The van der Waals surface area contributed by atoms with Crippen LogP contribution >= 0.6 is 0 Å². The van der Waals surface area contributed by atoms with E-state index in [0.29, 0.717) is 12.8 Å². The summed E-state index contributed by atoms with van der Waals surface area (Å²) in [6.45, 7) is 4.31. The summed E-state index contributed by atoms with van der Waals surface area (Å²) in [6.07, 6.45) is 39.4. The van der Waals surface area contributed by atoms with E-state index in [2.05, 4.69) is 43.5 Å². The molecule has 0 saturated carbocycles. The van der Waals surface area contributed by atoms with Crippen molar-refractivity contribution in [1.29, 1.82) is 0 Å². The third-order valence-corrected chi connectivity index (χ3v) is 7.93. The second-order valence-electron chi connectivity index (χ2n) is 11.9. The van der Waals surface area contributed by atoms with E-state index in [1.807, 2.05) is 0 Å². The zero-order chi connectivity index (χ0) is 29.4. The van der Waals surface area contributed by atoms with E-state index in [-0.39, 0.29) is 12.5 Å². The highest BCUT2D eigenvalue weighted by Crippen LogP contribution is 2.13. The zero-order valence-corrected chi connectivity index (χ0v) is 26.9. The van der Waals surface area contributed by atoms with Gasteiger partial charge in [-0.1, -0.05) is 134 Å². The Morgan fingerprint density at radius 1 is 0.575 bits per heavy atom. The summed E-state index contributed by atoms with van der Waals surface area (Å²) >= 11 is 0. The maximum atomic E-state index is 12.3. The number of aliphatic hydroxyl groups is 2. The minimum Gasteiger partial charge on any atom is -0.394 e. The molecular formula is C36H69NO3. The van der Waals surface area contributed by atoms with Gasteiger partial charge in [0.05, 0.1) is 18.8 Å². The average Bonchev–Trinajstić information content (AvgIpc) is 2.96. The molecule has 1 amide bonds. The summed E-state index contributed by atoms with van der Waals surface area (Å²) < 4.78 is 0. The molecule has 40 heavy (non-hydrogen) atoms. The van der Waals surface area contributed by atoms with Crippen molar-refractivity contribution in [2.24, 2.45) is 0 Å². The van der Waals surface area contributed by atoms with Crippen molar-refractivity contribution in [3.63, 3.8) is 0 Å². The molecule has 0 heterocycles. The van der Waals surface area contributed by atoms with Gasteiger partial charge in [-0.25, -0.2) is 0 Å². The third kappa shape index (κ3) is 28.4. The van der Waals surface area contributed by atoms with Crippen LogP contribution in [-0.2, 0) is 4.79 Å². The van der Waals surface area contributed by atoms with Gasteiger partial charge in [0.1, 0.15) is 0 Å². The first-order valence-corrected chi connectivity index (χ1v) is 17.5. The predicted octanol–water partition coefficient (Wildman–Crippen LogP) is 10.1. The maximum Gasteiger partial charge on any atom is 0.220 e. The Morgan fingerprint density at radius 3 is 1.38 bits per heavy atom. The van der Waals surface area contributed by atoms with E-state index < -0.39 is 12.1 Å². The Balaban J connectivity index is 3.60. The van der Waals surface area contributed by atoms with Crippen LogP contribution in [0.3, 0.4) is 0 Å². The largest absolute Gasteiger partial charge is 0.394 e. The van der Waals surface area contributed by atoms with Gasteiger partial charge in [-0.15, -0.1) is 0 Å². The van der Waals surface area contributed by atoms with Crippen LogP contribution in [0.25, 0.3) is 0 Å². The number of hydrogen-bond donors (Lipinski definition) is 3. The fraction of sp³-hybridized carbons (Fsp3) is 0.861. The van der Waals surface area contributed by atoms with Gasteiger partial charge in [0.15, 0.2) is 0 Å². The number of carbonyl (C=O) groups excluding carboxylic acids is 1. The van der Waals surface area contributed by atoms with Crippen LogP contribution < -0.4 is 5.32 Å². The fourth-order valence-electron chi connectivity index (χ4n) is 5.17. The molecule has 0 aliphatic heterocycles. The molecule has 0 aliphatic rings. The van der Waals surface area contributed by atoms with Crippen molar-refractivity contribution in [1.82, 2.24) is 5.32 Å². The van der Waals surface area contributed by atoms with Crippen LogP contribution in [0, 0.1) is 0 Å². The lowest BCUT2D eigenvalue weighted by molar-refractivity contribution is -0.123. The lowest BCUT2D eigenvalue weighted by atomic mass is 10.0. The van der Waals surface area contributed by atoms with Crippen LogP contribution in [0.1, 0.15) is 181 Å². The number of carbonyl (C=O) groups is 1. The molecule has 0 bridgehead atoms. The SMILES string of the molecule is CCCCCCC/C=C/CCCC[C@@H](O)[C@H](CO)NC(=O)CCCCCCCCC/C=C/CCCCCCCC. The average molecular weight is 564 g/mol. The molecule has 0 aromatic heterocycles. The van der Waals surface area contributed by atoms with Crippen molar-refractivity contribution >= 4 is 5.91 Å². The van der Waals surface area contributed by atoms with Gasteiger partial charge in [-0.3, -0.25) is 4.79 Å². The molecule has 2 atom stereocenters. The second kappa shape index (κ2) is 32.4. The quantitative estimate of drug-likeness (QED) is 0.0580. The lowest BCUT2D eigenvalue weighted by Crippen LogP contribution is -2.45. The fourth-order valence-corrected chi connectivity index (χ4v) is 5.17. The first-order valence-electron chi connectivity index (χ1n) is 17.5. The number of allylic oxidation sites excluding steroid dienone is 4. The van der Waals surface area contributed by atoms with Gasteiger partial charge in [-0.05, 0) is 64.2 Å². The molecule has 0 fully saturated rings. The van der Waals surface area contributed by atoms with E-state index in [9.17, 15) is 15.0 Å². The Kier molecular flexibility index (Phi) is 31.5. The number of hydrogen-bond acceptors (Lipinski definition) is 3. The second-order valence-corrected chi connectivity index (χ2v) is 11.9. The molecule has 3 N–H and O–H groups in total. The molecule has 0 radical (unpaired) electrons. The van der Waals surface area contributed by atoms with Crippen LogP contribution in [0.5, 0.6) is 0 Å². The summed E-state index contributed by atoms with van der Waals surface area (Å²) in [6, 6.07) is -0.550. The van der Waals surface area contributed by atoms with Crippen molar-refractivity contribution in [3.8, 4) is 0 Å². The number of aliphatic hydroxyl groups excluding tert-OH is 2. The van der Waals surface area contributed by atoms with E-state index in [1.54, 1.807) is 0 Å². The third-order valence-electron chi connectivity index (χ3n) is 7.93. The molecule has 4 nitrogen and oxygen atoms in total. The van der Waals surface area contributed by atoms with Crippen LogP contribution in [-0.4, -0.2) is 34.9 Å². The predicted molar refractivity (Wildman–Crippen MR) is 175 cm³/mol. The Hall–Kier alpha value is -1.13. The number of amides is 1. The summed E-state index contributed by atoms with van der Waals surface area (Å²) in [5.74, 6) is -0.0484. The summed E-state index contributed by atoms with van der Waals surface area (Å²) in [7, 11) is 0. The first-order chi connectivity index (χ1) is 19.7. The monoisotopic (exact) mass is 564 g/mol. The van der Waals surface area contributed by atoms with Crippen molar-refractivity contribution < 1.29 is 15.0 Å². The van der Waals surface area contributed by atoms with E-state index in [0.717, 1.165) is 32.1 Å². The van der Waals surface area contributed by atoms with E-state index in [1.165, 1.54) is 122 Å². The van der Waals surface area contributed by atoms with Crippen molar-refractivity contribution in [2.45, 2.75) is 193 Å². The van der Waals surface area contributed by atoms with Crippen LogP contribution in [0.2, 0.25) is 0 Å². The molecule has 0 aromatic carbocycles. The van der Waals surface area contributed by atoms with Gasteiger partial charge in [0.2, 0.25) is 5.91 Å². The Bertz CT molecular complexity index is 574. The summed E-state index contributed by atoms with van der Waals surface area (Å²) in [5, 5.41) is 22.9. The van der Waals surface area contributed by atoms with Gasteiger partial charge in [0.25, 0.3) is 0 Å². The maximum absolute atomic E-state index is 12.3. The zero-order valence-electron chi connectivity index (χ0n) is 26.9. The normalized spacial score (nSPS) is 13.4. The molecule has 0 saturated heterocycles. The summed E-state index contributed by atoms with van der Waals surface area (Å²) in [5.41, 5.74) is 0. The highest BCUT2D eigenvalue weighted by atomic mass is 16.3. The molecule has 0 aromatic rings. The van der Waals surface area contributed by atoms with Crippen molar-refractivity contribution in [3.05, 3.63) is 24.3 Å². The van der Waals surface area contributed by atoms with E-state index in [4.69, 9.17) is 0 Å². The minimum absolute atomic E-state index is 0.0484. The standard InChI is InChI=1S/C36H69NO3/c1-3-5-7-9-11-13-15-16-17-18-19-20-22-24-26-28-30-32-36(40)37-34(33-38)35(39)31-29-27-25-23-21-14-12-10-8-6-4-2/h16-17,21,23,34-35,38-39H,3-15,18-20,22,24-33H2,1-2H3,(H,37,40)/b17-16+,23-21+/t34-,35+/m0/s1. The Labute approximate surface area is 249 Å². The smallest absolute Gasteiger partial charge is 0.220 e. The molecule has 0 spiro atoms. The molecule has 4 heteroatoms.